The average Bonchev–Trinajstić information content (AvgIpc) is 3.77. The van der Waals surface area contributed by atoms with Crippen LogP contribution in [-0.4, -0.2) is 65.4 Å². The molecule has 2 bridgehead atoms. The van der Waals surface area contributed by atoms with Gasteiger partial charge in [0, 0.05) is 36.7 Å². The summed E-state index contributed by atoms with van der Waals surface area (Å²) in [7, 11) is 0. The number of ketones is 1. The summed E-state index contributed by atoms with van der Waals surface area (Å²) >= 11 is 0. The molecule has 3 aromatic carbocycles. The molecule has 1 saturated heterocycles. The predicted molar refractivity (Wildman–Crippen MR) is 161 cm³/mol. The molecule has 2 saturated carbocycles. The van der Waals surface area contributed by atoms with Crippen molar-refractivity contribution in [2.45, 2.75) is 68.1 Å². The van der Waals surface area contributed by atoms with Gasteiger partial charge >= 0.3 is 0 Å². The lowest BCUT2D eigenvalue weighted by molar-refractivity contribution is -0.188. The zero-order chi connectivity index (χ0) is 29.3. The van der Waals surface area contributed by atoms with Crippen LogP contribution in [0.2, 0.25) is 0 Å². The van der Waals surface area contributed by atoms with Crippen LogP contribution in [0.15, 0.2) is 60.7 Å². The second-order valence-electron chi connectivity index (χ2n) is 13.2. The van der Waals surface area contributed by atoms with Gasteiger partial charge in [0.05, 0.1) is 16.6 Å². The Morgan fingerprint density at radius 2 is 1.77 bits per heavy atom. The summed E-state index contributed by atoms with van der Waals surface area (Å²) in [4.78, 5) is 40.3. The Morgan fingerprint density at radius 1 is 1.02 bits per heavy atom. The molecule has 0 aromatic heterocycles. The maximum Gasteiger partial charge on any atom is 0.255 e. The predicted octanol–water partition coefficient (Wildman–Crippen LogP) is 4.27. The van der Waals surface area contributed by atoms with Gasteiger partial charge in [-0.15, -0.1) is 0 Å². The number of benzene rings is 3. The Bertz CT molecular complexity index is 1630. The Balaban J connectivity index is 1.01. The van der Waals surface area contributed by atoms with Gasteiger partial charge in [-0.1, -0.05) is 54.6 Å². The van der Waals surface area contributed by atoms with Crippen LogP contribution in [0.25, 0.3) is 11.1 Å². The fourth-order valence-corrected chi connectivity index (χ4v) is 8.49. The van der Waals surface area contributed by atoms with Gasteiger partial charge in [-0.3, -0.25) is 19.3 Å². The Morgan fingerprint density at radius 3 is 2.49 bits per heavy atom. The van der Waals surface area contributed by atoms with Crippen LogP contribution < -0.4 is 10.1 Å². The van der Waals surface area contributed by atoms with Crippen LogP contribution in [-0.2, 0) is 23.1 Å². The molecular formula is C36H36N2O5. The molecule has 1 amide bonds. The van der Waals surface area contributed by atoms with Crippen LogP contribution in [0, 0.1) is 5.92 Å². The number of likely N-dealkylation sites (tertiary alicyclic amines) is 1. The van der Waals surface area contributed by atoms with Crippen LogP contribution in [0.5, 0.6) is 5.75 Å². The second-order valence-corrected chi connectivity index (χ2v) is 13.2. The number of ether oxygens (including phenoxy) is 1. The lowest BCUT2D eigenvalue weighted by atomic mass is 9.49. The van der Waals surface area contributed by atoms with Crippen molar-refractivity contribution in [3.8, 4) is 16.9 Å². The molecule has 5 aliphatic rings. The SMILES string of the molecule is O=Cc1ccc(-c2ccc(CCNC(=O)c3ccc4c5c3O[C@H]3C(=O)CC[C@@]6(O)[C@@H](C4)N(CC4CC4)CC[C@]536)cc2)cc1. The van der Waals surface area contributed by atoms with E-state index in [4.69, 9.17) is 4.74 Å². The summed E-state index contributed by atoms with van der Waals surface area (Å²) in [6, 6.07) is 19.6. The summed E-state index contributed by atoms with van der Waals surface area (Å²) in [6.07, 6.45) is 5.46. The summed E-state index contributed by atoms with van der Waals surface area (Å²) in [6.45, 7) is 2.32. The molecule has 220 valence electrons. The van der Waals surface area contributed by atoms with E-state index in [2.05, 4.69) is 22.3 Å². The first-order valence-electron chi connectivity index (χ1n) is 15.7. The average molecular weight is 577 g/mol. The van der Waals surface area contributed by atoms with Gasteiger partial charge in [-0.25, -0.2) is 0 Å². The summed E-state index contributed by atoms with van der Waals surface area (Å²) in [5, 5.41) is 15.5. The zero-order valence-corrected chi connectivity index (χ0v) is 24.2. The van der Waals surface area contributed by atoms with Crippen molar-refractivity contribution in [3.05, 3.63) is 88.5 Å². The van der Waals surface area contributed by atoms with Crippen molar-refractivity contribution < 1.29 is 24.2 Å². The molecule has 7 heteroatoms. The molecular weight excluding hydrogens is 540 g/mol. The third-order valence-corrected chi connectivity index (χ3v) is 10.9. The molecule has 7 nitrogen and oxygen atoms in total. The first-order valence-corrected chi connectivity index (χ1v) is 15.7. The van der Waals surface area contributed by atoms with Crippen molar-refractivity contribution in [2.24, 2.45) is 5.92 Å². The van der Waals surface area contributed by atoms with Gasteiger partial charge < -0.3 is 15.2 Å². The monoisotopic (exact) mass is 576 g/mol. The molecule has 8 rings (SSSR count). The molecule has 1 spiro atoms. The highest BCUT2D eigenvalue weighted by Crippen LogP contribution is 2.64. The van der Waals surface area contributed by atoms with Crippen LogP contribution in [0.1, 0.15) is 69.5 Å². The number of hydrogen-bond acceptors (Lipinski definition) is 6. The molecule has 43 heavy (non-hydrogen) atoms. The van der Waals surface area contributed by atoms with Gasteiger partial charge in [-0.2, -0.15) is 0 Å². The maximum absolute atomic E-state index is 13.5. The normalized spacial score (nSPS) is 28.6. The van der Waals surface area contributed by atoms with Crippen LogP contribution >= 0.6 is 0 Å². The minimum atomic E-state index is -1.03. The molecule has 2 aliphatic heterocycles. The number of nitrogens with one attached hydrogen (secondary N) is 1. The van der Waals surface area contributed by atoms with E-state index in [-0.39, 0.29) is 17.7 Å². The number of aliphatic hydroxyl groups is 1. The van der Waals surface area contributed by atoms with E-state index < -0.39 is 17.1 Å². The number of rotatable bonds is 8. The number of nitrogens with zero attached hydrogens (tertiary/aromatic N) is 1. The highest BCUT2D eigenvalue weighted by molar-refractivity contribution is 5.99. The lowest BCUT2D eigenvalue weighted by Gasteiger charge is -2.62. The topological polar surface area (TPSA) is 95.9 Å². The van der Waals surface area contributed by atoms with Gasteiger partial charge in [0.2, 0.25) is 0 Å². The number of aldehydes is 1. The molecule has 3 aromatic rings. The largest absolute Gasteiger partial charge is 0.480 e. The van der Waals surface area contributed by atoms with Crippen molar-refractivity contribution in [1.82, 2.24) is 10.2 Å². The van der Waals surface area contributed by atoms with E-state index in [1.54, 1.807) is 0 Å². The van der Waals surface area contributed by atoms with Gasteiger partial charge in [0.1, 0.15) is 12.0 Å². The van der Waals surface area contributed by atoms with Crippen molar-refractivity contribution in [2.75, 3.05) is 19.6 Å². The minimum Gasteiger partial charge on any atom is -0.480 e. The molecule has 4 atom stereocenters. The summed E-state index contributed by atoms with van der Waals surface area (Å²) < 4.78 is 6.46. The second kappa shape index (κ2) is 9.86. The standard InChI is InChI=1S/C36H36N2O5/c39-21-24-5-9-26(10-6-24)25-7-3-22(4-8-25)14-17-37-34(41)28-12-11-27-19-30-36(42)15-13-29(40)33-35(36,31(27)32(28)43-33)16-18-38(30)20-23-1-2-23/h3-12,21,23,30,33,42H,1-2,13-20H2,(H,37,41)/t30-,33+,35+,36-/m1/s1. The first-order chi connectivity index (χ1) is 20.9. The van der Waals surface area contributed by atoms with Crippen molar-refractivity contribution >= 4 is 18.0 Å². The molecule has 2 N–H and O–H groups in total. The van der Waals surface area contributed by atoms with Crippen molar-refractivity contribution in [3.63, 3.8) is 0 Å². The third-order valence-electron chi connectivity index (χ3n) is 10.9. The molecule has 0 unspecified atom stereocenters. The highest BCUT2D eigenvalue weighted by Gasteiger charge is 2.73. The smallest absolute Gasteiger partial charge is 0.255 e. The quantitative estimate of drug-likeness (QED) is 0.389. The first kappa shape index (κ1) is 26.8. The number of piperidine rings is 1. The lowest BCUT2D eigenvalue weighted by Crippen LogP contribution is -2.76. The van der Waals surface area contributed by atoms with E-state index in [0.29, 0.717) is 49.1 Å². The Labute approximate surface area is 251 Å². The molecule has 3 aliphatic carbocycles. The van der Waals surface area contributed by atoms with E-state index >= 15 is 0 Å². The number of amides is 1. The zero-order valence-electron chi connectivity index (χ0n) is 24.2. The van der Waals surface area contributed by atoms with Gasteiger partial charge in [-0.05, 0) is 79.3 Å². The van der Waals surface area contributed by atoms with E-state index in [9.17, 15) is 19.5 Å². The number of carbonyl (C=O) groups is 3. The number of carbonyl (C=O) groups excluding carboxylic acids is 3. The van der Waals surface area contributed by atoms with Crippen molar-refractivity contribution in [1.29, 1.82) is 0 Å². The molecule has 2 heterocycles. The van der Waals surface area contributed by atoms with E-state index in [1.807, 2.05) is 48.5 Å². The Hall–Kier alpha value is -3.81. The summed E-state index contributed by atoms with van der Waals surface area (Å²) in [5.41, 5.74) is 4.53. The number of hydrogen-bond donors (Lipinski definition) is 2. The van der Waals surface area contributed by atoms with Crippen LogP contribution in [0.4, 0.5) is 0 Å². The molecule has 0 radical (unpaired) electrons. The minimum absolute atomic E-state index is 0.0266. The maximum atomic E-state index is 13.5. The third kappa shape index (κ3) is 4.05. The van der Waals surface area contributed by atoms with Gasteiger partial charge in [0.25, 0.3) is 5.91 Å². The molecule has 3 fully saturated rings. The van der Waals surface area contributed by atoms with Crippen LogP contribution in [0.3, 0.4) is 0 Å². The summed E-state index contributed by atoms with van der Waals surface area (Å²) in [5.74, 6) is 1.05. The van der Waals surface area contributed by atoms with Gasteiger partial charge in [0.15, 0.2) is 11.9 Å². The Kier molecular flexibility index (Phi) is 6.14. The number of Topliss-reactive ketones (excluding diaryl/α,β-unsaturated/α-hetero) is 1. The van der Waals surface area contributed by atoms with E-state index in [0.717, 1.165) is 59.5 Å². The van der Waals surface area contributed by atoms with E-state index in [1.165, 1.54) is 12.8 Å². The fourth-order valence-electron chi connectivity index (χ4n) is 8.49. The fraction of sp³-hybridized carbons (Fsp3) is 0.417. The highest BCUT2D eigenvalue weighted by atomic mass is 16.5.